The zero-order chi connectivity index (χ0) is 20.3. The van der Waals surface area contributed by atoms with Gasteiger partial charge in [0.05, 0.1) is 0 Å². The molecule has 0 aromatic carbocycles. The van der Waals surface area contributed by atoms with E-state index in [4.69, 9.17) is 4.74 Å². The quantitative estimate of drug-likeness (QED) is 0.139. The Morgan fingerprint density at radius 3 is 1.26 bits per heavy atom. The standard InChI is InChI=1S/C24H46O3/c1-5-7-9-15-21(3)17-11-13-19-23(25)27-24(26)20-14-12-18-22(4)16-10-8-6-2/h21-22H,5-20H2,1-4H3. The second-order valence-corrected chi connectivity index (χ2v) is 8.54. The lowest BCUT2D eigenvalue weighted by Gasteiger charge is -2.11. The Morgan fingerprint density at radius 2 is 0.926 bits per heavy atom. The number of carbonyl (C=O) groups is 2. The van der Waals surface area contributed by atoms with E-state index in [-0.39, 0.29) is 11.9 Å². The third kappa shape index (κ3) is 18.3. The van der Waals surface area contributed by atoms with E-state index >= 15 is 0 Å². The van der Waals surface area contributed by atoms with E-state index in [1.807, 2.05) is 0 Å². The fourth-order valence-electron chi connectivity index (χ4n) is 3.53. The van der Waals surface area contributed by atoms with Crippen molar-refractivity contribution in [2.24, 2.45) is 11.8 Å². The highest BCUT2D eigenvalue weighted by molar-refractivity contribution is 5.85. The molecule has 0 saturated carbocycles. The predicted octanol–water partition coefficient (Wildman–Crippen LogP) is 7.61. The molecule has 0 fully saturated rings. The Kier molecular flexibility index (Phi) is 17.9. The summed E-state index contributed by atoms with van der Waals surface area (Å²) < 4.78 is 4.95. The average Bonchev–Trinajstić information content (AvgIpc) is 2.63. The normalized spacial score (nSPS) is 13.3. The van der Waals surface area contributed by atoms with Crippen molar-refractivity contribution in [1.29, 1.82) is 0 Å². The van der Waals surface area contributed by atoms with E-state index in [1.165, 1.54) is 64.2 Å². The van der Waals surface area contributed by atoms with Gasteiger partial charge in [0.25, 0.3) is 0 Å². The molecular weight excluding hydrogens is 336 g/mol. The van der Waals surface area contributed by atoms with Gasteiger partial charge in [-0.1, -0.05) is 105 Å². The Morgan fingerprint density at radius 1 is 0.593 bits per heavy atom. The maximum atomic E-state index is 11.8. The molecular formula is C24H46O3. The first-order valence-electron chi connectivity index (χ1n) is 11.7. The van der Waals surface area contributed by atoms with Crippen LogP contribution in [0.4, 0.5) is 0 Å². The first kappa shape index (κ1) is 26.1. The van der Waals surface area contributed by atoms with Crippen molar-refractivity contribution in [3.8, 4) is 0 Å². The molecule has 160 valence electrons. The van der Waals surface area contributed by atoms with Crippen LogP contribution in [0.3, 0.4) is 0 Å². The summed E-state index contributed by atoms with van der Waals surface area (Å²) in [6.07, 6.45) is 17.2. The van der Waals surface area contributed by atoms with Gasteiger partial charge < -0.3 is 4.74 Å². The lowest BCUT2D eigenvalue weighted by Crippen LogP contribution is -2.12. The van der Waals surface area contributed by atoms with Crippen LogP contribution in [0.5, 0.6) is 0 Å². The number of hydrogen-bond acceptors (Lipinski definition) is 3. The molecule has 0 amide bonds. The Bertz CT molecular complexity index is 331. The molecule has 0 radical (unpaired) electrons. The van der Waals surface area contributed by atoms with Crippen molar-refractivity contribution < 1.29 is 14.3 Å². The van der Waals surface area contributed by atoms with Gasteiger partial charge in [0.1, 0.15) is 0 Å². The molecule has 0 aromatic heterocycles. The highest BCUT2D eigenvalue weighted by Crippen LogP contribution is 2.18. The summed E-state index contributed by atoms with van der Waals surface area (Å²) in [4.78, 5) is 23.5. The number of rotatable bonds is 18. The molecule has 0 aromatic rings. The lowest BCUT2D eigenvalue weighted by atomic mass is 9.97. The number of carbonyl (C=O) groups excluding carboxylic acids is 2. The fraction of sp³-hybridized carbons (Fsp3) is 0.917. The van der Waals surface area contributed by atoms with Gasteiger partial charge in [-0.25, -0.2) is 0 Å². The number of unbranched alkanes of at least 4 members (excludes halogenated alkanes) is 6. The van der Waals surface area contributed by atoms with Crippen LogP contribution in [0.15, 0.2) is 0 Å². The van der Waals surface area contributed by atoms with Crippen molar-refractivity contribution >= 4 is 11.9 Å². The maximum absolute atomic E-state index is 11.8. The number of ether oxygens (including phenoxy) is 1. The average molecular weight is 383 g/mol. The van der Waals surface area contributed by atoms with Crippen molar-refractivity contribution in [1.82, 2.24) is 0 Å². The van der Waals surface area contributed by atoms with Gasteiger partial charge in [-0.3, -0.25) is 9.59 Å². The molecule has 2 atom stereocenters. The van der Waals surface area contributed by atoms with Crippen LogP contribution in [-0.2, 0) is 14.3 Å². The van der Waals surface area contributed by atoms with Crippen LogP contribution in [0.2, 0.25) is 0 Å². The largest absolute Gasteiger partial charge is 0.393 e. The summed E-state index contributed by atoms with van der Waals surface area (Å²) in [6, 6.07) is 0. The minimum atomic E-state index is -0.341. The van der Waals surface area contributed by atoms with Crippen molar-refractivity contribution in [3.63, 3.8) is 0 Å². The van der Waals surface area contributed by atoms with Crippen LogP contribution >= 0.6 is 0 Å². The minimum absolute atomic E-state index is 0.341. The minimum Gasteiger partial charge on any atom is -0.393 e. The van der Waals surface area contributed by atoms with Crippen molar-refractivity contribution in [2.75, 3.05) is 0 Å². The molecule has 0 spiro atoms. The zero-order valence-corrected chi connectivity index (χ0v) is 18.7. The van der Waals surface area contributed by atoms with Crippen LogP contribution < -0.4 is 0 Å². The molecule has 3 nitrogen and oxygen atoms in total. The van der Waals surface area contributed by atoms with Gasteiger partial charge in [0, 0.05) is 12.8 Å². The smallest absolute Gasteiger partial charge is 0.313 e. The molecule has 0 aliphatic rings. The highest BCUT2D eigenvalue weighted by Gasteiger charge is 2.11. The summed E-state index contributed by atoms with van der Waals surface area (Å²) >= 11 is 0. The SMILES string of the molecule is CCCCCC(C)CCCCC(=O)OC(=O)CCCCC(C)CCCCC. The van der Waals surface area contributed by atoms with Gasteiger partial charge in [0.2, 0.25) is 0 Å². The van der Waals surface area contributed by atoms with Gasteiger partial charge >= 0.3 is 11.9 Å². The molecule has 0 rings (SSSR count). The number of esters is 2. The third-order valence-corrected chi connectivity index (χ3v) is 5.48. The van der Waals surface area contributed by atoms with E-state index < -0.39 is 0 Å². The highest BCUT2D eigenvalue weighted by atomic mass is 16.6. The molecule has 0 bridgehead atoms. The van der Waals surface area contributed by atoms with Gasteiger partial charge in [-0.2, -0.15) is 0 Å². The molecule has 2 unspecified atom stereocenters. The van der Waals surface area contributed by atoms with E-state index in [0.29, 0.717) is 12.8 Å². The summed E-state index contributed by atoms with van der Waals surface area (Å²) in [6.45, 7) is 9.05. The second kappa shape index (κ2) is 18.5. The van der Waals surface area contributed by atoms with Crippen molar-refractivity contribution in [2.45, 2.75) is 130 Å². The van der Waals surface area contributed by atoms with Gasteiger partial charge in [0.15, 0.2) is 0 Å². The third-order valence-electron chi connectivity index (χ3n) is 5.48. The molecule has 3 heteroatoms. The van der Waals surface area contributed by atoms with E-state index in [9.17, 15) is 9.59 Å². The van der Waals surface area contributed by atoms with Gasteiger partial charge in [-0.15, -0.1) is 0 Å². The summed E-state index contributed by atoms with van der Waals surface area (Å²) in [5.41, 5.74) is 0. The topological polar surface area (TPSA) is 43.4 Å². The van der Waals surface area contributed by atoms with Crippen molar-refractivity contribution in [3.05, 3.63) is 0 Å². The van der Waals surface area contributed by atoms with Crippen LogP contribution in [0, 0.1) is 11.8 Å². The summed E-state index contributed by atoms with van der Waals surface area (Å²) in [5, 5.41) is 0. The lowest BCUT2D eigenvalue weighted by molar-refractivity contribution is -0.159. The van der Waals surface area contributed by atoms with E-state index in [2.05, 4.69) is 27.7 Å². The van der Waals surface area contributed by atoms with E-state index in [0.717, 1.165) is 37.5 Å². The first-order chi connectivity index (χ1) is 13.0. The molecule has 0 N–H and O–H groups in total. The summed E-state index contributed by atoms with van der Waals surface area (Å²) in [7, 11) is 0. The Hall–Kier alpha value is -0.860. The van der Waals surface area contributed by atoms with Crippen LogP contribution in [0.1, 0.15) is 130 Å². The molecule has 0 aliphatic carbocycles. The second-order valence-electron chi connectivity index (χ2n) is 8.54. The molecule has 0 saturated heterocycles. The van der Waals surface area contributed by atoms with Crippen LogP contribution in [-0.4, -0.2) is 11.9 Å². The zero-order valence-electron chi connectivity index (χ0n) is 18.7. The molecule has 27 heavy (non-hydrogen) atoms. The van der Waals surface area contributed by atoms with Crippen LogP contribution in [0.25, 0.3) is 0 Å². The molecule has 0 aliphatic heterocycles. The fourth-order valence-corrected chi connectivity index (χ4v) is 3.53. The first-order valence-corrected chi connectivity index (χ1v) is 11.7. The Labute approximate surface area is 169 Å². The van der Waals surface area contributed by atoms with E-state index in [1.54, 1.807) is 0 Å². The van der Waals surface area contributed by atoms with Gasteiger partial charge in [-0.05, 0) is 24.7 Å². The monoisotopic (exact) mass is 382 g/mol. The maximum Gasteiger partial charge on any atom is 0.313 e. The Balaban J connectivity index is 3.57. The predicted molar refractivity (Wildman–Crippen MR) is 115 cm³/mol. The number of hydrogen-bond donors (Lipinski definition) is 0. The molecule has 0 heterocycles. The summed E-state index contributed by atoms with van der Waals surface area (Å²) in [5.74, 6) is 0.787.